The lowest BCUT2D eigenvalue weighted by Gasteiger charge is -2.05. The molecule has 29 heavy (non-hydrogen) atoms. The van der Waals surface area contributed by atoms with E-state index in [1.54, 1.807) is 49.4 Å². The largest absolute Gasteiger partial charge is 0.455 e. The van der Waals surface area contributed by atoms with Gasteiger partial charge in [-0.15, -0.1) is 0 Å². The molecule has 0 bridgehead atoms. The van der Waals surface area contributed by atoms with Crippen LogP contribution in [0.4, 0.5) is 5.69 Å². The fourth-order valence-corrected chi connectivity index (χ4v) is 3.28. The van der Waals surface area contributed by atoms with Gasteiger partial charge < -0.3 is 4.42 Å². The van der Waals surface area contributed by atoms with Crippen molar-refractivity contribution < 1.29 is 9.34 Å². The molecule has 0 aliphatic carbocycles. The molecule has 0 N–H and O–H groups in total. The smallest absolute Gasteiger partial charge is 0.282 e. The van der Waals surface area contributed by atoms with Crippen LogP contribution in [0.15, 0.2) is 73.4 Å². The molecule has 0 saturated heterocycles. The van der Waals surface area contributed by atoms with Gasteiger partial charge in [-0.2, -0.15) is 9.78 Å². The first kappa shape index (κ1) is 18.8. The summed E-state index contributed by atoms with van der Waals surface area (Å²) >= 11 is 3.35. The molecule has 2 heterocycles. The average Bonchev–Trinajstić information content (AvgIpc) is 3.17. The summed E-state index contributed by atoms with van der Waals surface area (Å²) in [7, 11) is 0. The van der Waals surface area contributed by atoms with Crippen LogP contribution in [0.25, 0.3) is 22.2 Å². The molecule has 144 valence electrons. The van der Waals surface area contributed by atoms with Crippen molar-refractivity contribution in [1.29, 1.82) is 0 Å². The second-order valence-electron chi connectivity index (χ2n) is 6.16. The van der Waals surface area contributed by atoms with Gasteiger partial charge in [0.15, 0.2) is 0 Å². The molecule has 4 rings (SSSR count). The lowest BCUT2D eigenvalue weighted by Crippen LogP contribution is -2.20. The zero-order valence-electron chi connectivity index (χ0n) is 15.1. The third-order valence-electron chi connectivity index (χ3n) is 4.26. The molecule has 2 aromatic heterocycles. The molecule has 0 fully saturated rings. The Kier molecular flexibility index (Phi) is 4.81. The van der Waals surface area contributed by atoms with Crippen molar-refractivity contribution >= 4 is 38.7 Å². The van der Waals surface area contributed by atoms with Crippen molar-refractivity contribution in [2.45, 2.75) is 6.92 Å². The van der Waals surface area contributed by atoms with Gasteiger partial charge in [-0.05, 0) is 43.3 Å². The third-order valence-corrected chi connectivity index (χ3v) is 4.76. The number of nitrogens with zero attached hydrogens (tertiary/aromatic N) is 4. The van der Waals surface area contributed by atoms with Crippen LogP contribution in [0.1, 0.15) is 11.6 Å². The molecule has 0 amide bonds. The van der Waals surface area contributed by atoms with Gasteiger partial charge in [0.05, 0.1) is 27.6 Å². The first-order chi connectivity index (χ1) is 13.9. The Labute approximate surface area is 172 Å². The predicted octanol–water partition coefficient (Wildman–Crippen LogP) is 4.52. The van der Waals surface area contributed by atoms with Gasteiger partial charge in [0.2, 0.25) is 0 Å². The van der Waals surface area contributed by atoms with E-state index in [1.165, 1.54) is 17.0 Å². The molecule has 0 spiro atoms. The summed E-state index contributed by atoms with van der Waals surface area (Å²) in [6.45, 7) is 1.68. The molecule has 2 aromatic carbocycles. The van der Waals surface area contributed by atoms with Crippen LogP contribution in [-0.4, -0.2) is 20.8 Å². The number of fused-ring (bicyclic) bond motifs is 1. The summed E-state index contributed by atoms with van der Waals surface area (Å²) in [5.74, 6) is 1.11. The van der Waals surface area contributed by atoms with Crippen LogP contribution in [-0.2, 0) is 0 Å². The second kappa shape index (κ2) is 7.44. The van der Waals surface area contributed by atoms with Crippen LogP contribution in [0, 0.1) is 17.0 Å². The van der Waals surface area contributed by atoms with Gasteiger partial charge in [0, 0.05) is 10.5 Å². The van der Waals surface area contributed by atoms with Crippen LogP contribution in [0.3, 0.4) is 0 Å². The lowest BCUT2D eigenvalue weighted by atomic mass is 10.1. The first-order valence-corrected chi connectivity index (χ1v) is 9.30. The number of rotatable bonds is 4. The molecule has 0 aliphatic rings. The number of hydrogen-bond donors (Lipinski definition) is 0. The van der Waals surface area contributed by atoms with Crippen LogP contribution in [0.2, 0.25) is 0 Å². The highest BCUT2D eigenvalue weighted by Crippen LogP contribution is 2.30. The monoisotopic (exact) mass is 452 g/mol. The Morgan fingerprint density at radius 3 is 2.79 bits per heavy atom. The number of aromatic nitrogens is 2. The predicted molar refractivity (Wildman–Crippen MR) is 112 cm³/mol. The van der Waals surface area contributed by atoms with Crippen LogP contribution in [0.5, 0.6) is 0 Å². The van der Waals surface area contributed by atoms with Crippen molar-refractivity contribution in [3.05, 3.63) is 91.1 Å². The maximum Gasteiger partial charge on any atom is 0.282 e. The Balaban J connectivity index is 1.72. The number of furan rings is 1. The van der Waals surface area contributed by atoms with E-state index in [1.807, 2.05) is 6.07 Å². The normalized spacial score (nSPS) is 11.4. The van der Waals surface area contributed by atoms with Crippen LogP contribution < -0.4 is 5.56 Å². The zero-order valence-corrected chi connectivity index (χ0v) is 16.7. The highest BCUT2D eigenvalue weighted by atomic mass is 79.9. The first-order valence-electron chi connectivity index (χ1n) is 8.51. The number of nitro benzene ring substituents is 1. The number of aryl methyl sites for hydroxylation is 1. The summed E-state index contributed by atoms with van der Waals surface area (Å²) in [5.41, 5.74) is 0.582. The quantitative estimate of drug-likeness (QED) is 0.257. The Morgan fingerprint density at radius 1 is 1.21 bits per heavy atom. The zero-order chi connectivity index (χ0) is 20.5. The van der Waals surface area contributed by atoms with E-state index in [2.05, 4.69) is 26.0 Å². The number of halogens is 1. The molecule has 8 nitrogen and oxygen atoms in total. The van der Waals surface area contributed by atoms with Crippen LogP contribution >= 0.6 is 15.9 Å². The summed E-state index contributed by atoms with van der Waals surface area (Å²) in [5, 5.41) is 15.8. The van der Waals surface area contributed by atoms with E-state index in [9.17, 15) is 14.9 Å². The molecule has 0 atom stereocenters. The summed E-state index contributed by atoms with van der Waals surface area (Å²) in [6.07, 6.45) is 1.37. The minimum atomic E-state index is -0.465. The minimum Gasteiger partial charge on any atom is -0.455 e. The summed E-state index contributed by atoms with van der Waals surface area (Å²) in [6, 6.07) is 14.8. The fraction of sp³-hybridized carbons (Fsp3) is 0.0500. The molecule has 0 unspecified atom stereocenters. The van der Waals surface area contributed by atoms with E-state index in [4.69, 9.17) is 4.42 Å². The maximum absolute atomic E-state index is 12.8. The van der Waals surface area contributed by atoms with E-state index < -0.39 is 4.92 Å². The van der Waals surface area contributed by atoms with Gasteiger partial charge in [-0.1, -0.05) is 28.1 Å². The standard InChI is InChI=1S/C20H13BrN4O4/c1-12-23-17-8-6-13(21)10-16(17)20(26)24(12)22-11-14-7-9-19(29-14)15-4-2-3-5-18(15)25(27)28/h2-11H,1H3. The lowest BCUT2D eigenvalue weighted by molar-refractivity contribution is -0.384. The Morgan fingerprint density at radius 2 is 2.00 bits per heavy atom. The number of para-hydroxylation sites is 1. The van der Waals surface area contributed by atoms with E-state index in [0.29, 0.717) is 33.8 Å². The molecule has 0 saturated carbocycles. The second-order valence-corrected chi connectivity index (χ2v) is 7.07. The maximum atomic E-state index is 12.8. The highest BCUT2D eigenvalue weighted by Gasteiger charge is 2.17. The van der Waals surface area contributed by atoms with Crippen molar-refractivity contribution in [3.63, 3.8) is 0 Å². The average molecular weight is 453 g/mol. The topological polar surface area (TPSA) is 104 Å². The van der Waals surface area contributed by atoms with Gasteiger partial charge >= 0.3 is 0 Å². The van der Waals surface area contributed by atoms with Gasteiger partial charge in [0.25, 0.3) is 11.2 Å². The summed E-state index contributed by atoms with van der Waals surface area (Å²) < 4.78 is 7.62. The van der Waals surface area contributed by atoms with Gasteiger partial charge in [0.1, 0.15) is 17.3 Å². The minimum absolute atomic E-state index is 0.0540. The number of hydrogen-bond acceptors (Lipinski definition) is 6. The van der Waals surface area contributed by atoms with Gasteiger partial charge in [-0.3, -0.25) is 14.9 Å². The SMILES string of the molecule is Cc1nc2ccc(Br)cc2c(=O)n1N=Cc1ccc(-c2ccccc2[N+](=O)[O-])o1. The van der Waals surface area contributed by atoms with Crippen molar-refractivity contribution in [3.8, 4) is 11.3 Å². The molecule has 0 radical (unpaired) electrons. The van der Waals surface area contributed by atoms with Crippen molar-refractivity contribution in [2.75, 3.05) is 0 Å². The molecular formula is C20H13BrN4O4. The number of nitro groups is 1. The van der Waals surface area contributed by atoms with E-state index in [0.717, 1.165) is 4.47 Å². The highest BCUT2D eigenvalue weighted by molar-refractivity contribution is 9.10. The van der Waals surface area contributed by atoms with E-state index >= 15 is 0 Å². The fourth-order valence-electron chi connectivity index (χ4n) is 2.92. The molecule has 4 aromatic rings. The van der Waals surface area contributed by atoms with Gasteiger partial charge in [-0.25, -0.2) is 4.98 Å². The Hall–Kier alpha value is -3.59. The molecule has 0 aliphatic heterocycles. The number of benzene rings is 2. The molecular weight excluding hydrogens is 440 g/mol. The third kappa shape index (κ3) is 3.59. The van der Waals surface area contributed by atoms with Crippen molar-refractivity contribution in [1.82, 2.24) is 9.66 Å². The molecule has 9 heteroatoms. The van der Waals surface area contributed by atoms with E-state index in [-0.39, 0.29) is 11.2 Å². The Bertz CT molecular complexity index is 1340. The van der Waals surface area contributed by atoms with Crippen molar-refractivity contribution in [2.24, 2.45) is 5.10 Å². The summed E-state index contributed by atoms with van der Waals surface area (Å²) in [4.78, 5) is 27.9.